The van der Waals surface area contributed by atoms with Crippen LogP contribution in [0.4, 0.5) is 0 Å². The summed E-state index contributed by atoms with van der Waals surface area (Å²) in [6.07, 6.45) is -3.18. The molecule has 0 radical (unpaired) electrons. The van der Waals surface area contributed by atoms with Gasteiger partial charge in [0.25, 0.3) is 0 Å². The van der Waals surface area contributed by atoms with E-state index in [0.717, 1.165) is 10.5 Å². The fourth-order valence-electron chi connectivity index (χ4n) is 4.47. The highest BCUT2D eigenvalue weighted by Crippen LogP contribution is 2.38. The summed E-state index contributed by atoms with van der Waals surface area (Å²) in [5.41, 5.74) is 1.20. The fraction of sp³-hybridized carbons (Fsp3) is 0.212. The lowest BCUT2D eigenvalue weighted by Crippen LogP contribution is -2.59. The number of benzene rings is 4. The Morgan fingerprint density at radius 1 is 0.650 bits per heavy atom. The Morgan fingerprint density at radius 3 is 1.68 bits per heavy atom. The van der Waals surface area contributed by atoms with Crippen molar-refractivity contribution in [3.63, 3.8) is 0 Å². The number of hydrogen-bond acceptors (Lipinski definition) is 7. The highest BCUT2D eigenvalue weighted by Gasteiger charge is 2.50. The number of esters is 2. The van der Waals surface area contributed by atoms with E-state index in [2.05, 4.69) is 0 Å². The van der Waals surface area contributed by atoms with E-state index in [1.165, 1.54) is 11.8 Å². The third kappa shape index (κ3) is 6.99. The van der Waals surface area contributed by atoms with Crippen LogP contribution in [0.2, 0.25) is 0 Å². The Labute approximate surface area is 238 Å². The normalized spacial score (nSPS) is 22.3. The largest absolute Gasteiger partial charge is 0.452 e. The summed E-state index contributed by atoms with van der Waals surface area (Å²) < 4.78 is 25.0. The topological polar surface area (TPSA) is 71.1 Å². The second kappa shape index (κ2) is 13.4. The van der Waals surface area contributed by atoms with Gasteiger partial charge >= 0.3 is 11.9 Å². The molecule has 7 heteroatoms. The smallest absolute Gasteiger partial charge is 0.338 e. The second-order valence-electron chi connectivity index (χ2n) is 9.37. The van der Waals surface area contributed by atoms with Crippen LogP contribution >= 0.6 is 11.8 Å². The number of carbonyl (C=O) groups is 2. The molecular formula is C33H30O6S. The lowest BCUT2D eigenvalue weighted by atomic mass is 9.99. The van der Waals surface area contributed by atoms with Gasteiger partial charge < -0.3 is 18.9 Å². The van der Waals surface area contributed by atoms with Crippen molar-refractivity contribution in [2.75, 3.05) is 0 Å². The van der Waals surface area contributed by atoms with Gasteiger partial charge in [0.15, 0.2) is 12.2 Å². The van der Waals surface area contributed by atoms with Crippen LogP contribution in [0.1, 0.15) is 33.2 Å². The molecule has 204 valence electrons. The molecule has 0 saturated carbocycles. The fourth-order valence-corrected chi connectivity index (χ4v) is 5.65. The van der Waals surface area contributed by atoms with E-state index >= 15 is 0 Å². The quantitative estimate of drug-likeness (QED) is 0.217. The van der Waals surface area contributed by atoms with Crippen LogP contribution in [0, 0.1) is 0 Å². The highest BCUT2D eigenvalue weighted by molar-refractivity contribution is 7.99. The molecule has 0 amide bonds. The molecule has 0 spiro atoms. The Bertz CT molecular complexity index is 1370. The molecule has 0 aliphatic carbocycles. The first-order valence-corrected chi connectivity index (χ1v) is 14.0. The summed E-state index contributed by atoms with van der Waals surface area (Å²) in [5, 5.41) is 0. The molecule has 40 heavy (non-hydrogen) atoms. The average Bonchev–Trinajstić information content (AvgIpc) is 3.00. The van der Waals surface area contributed by atoms with Crippen LogP contribution in [0.5, 0.6) is 0 Å². The molecule has 1 heterocycles. The molecule has 1 aliphatic heterocycles. The summed E-state index contributed by atoms with van der Waals surface area (Å²) >= 11 is 1.48. The summed E-state index contributed by atoms with van der Waals surface area (Å²) in [7, 11) is 0. The molecule has 6 nitrogen and oxygen atoms in total. The second-order valence-corrected chi connectivity index (χ2v) is 10.5. The molecule has 1 fully saturated rings. The first-order chi connectivity index (χ1) is 19.6. The third-order valence-corrected chi connectivity index (χ3v) is 7.67. The zero-order chi connectivity index (χ0) is 27.7. The first kappa shape index (κ1) is 27.6. The lowest BCUT2D eigenvalue weighted by molar-refractivity contribution is -0.211. The molecule has 0 aromatic heterocycles. The highest BCUT2D eigenvalue weighted by atomic mass is 32.2. The van der Waals surface area contributed by atoms with Gasteiger partial charge in [0.1, 0.15) is 11.5 Å². The predicted molar refractivity (Wildman–Crippen MR) is 153 cm³/mol. The van der Waals surface area contributed by atoms with Gasteiger partial charge in [0.05, 0.1) is 23.8 Å². The zero-order valence-electron chi connectivity index (χ0n) is 22.0. The molecule has 0 N–H and O–H groups in total. The summed E-state index contributed by atoms with van der Waals surface area (Å²) in [6, 6.07) is 37.0. The van der Waals surface area contributed by atoms with Crippen LogP contribution in [-0.4, -0.2) is 41.8 Å². The van der Waals surface area contributed by atoms with E-state index in [1.54, 1.807) is 48.5 Å². The van der Waals surface area contributed by atoms with Gasteiger partial charge in [-0.15, -0.1) is 0 Å². The van der Waals surface area contributed by atoms with Crippen LogP contribution in [-0.2, 0) is 25.6 Å². The minimum Gasteiger partial charge on any atom is -0.452 e. The molecule has 5 atom stereocenters. The van der Waals surface area contributed by atoms with E-state index < -0.39 is 41.8 Å². The Kier molecular flexibility index (Phi) is 9.29. The minimum atomic E-state index is -0.936. The van der Waals surface area contributed by atoms with Crippen LogP contribution in [0.15, 0.2) is 126 Å². The van der Waals surface area contributed by atoms with Crippen LogP contribution in [0.25, 0.3) is 0 Å². The Balaban J connectivity index is 1.48. The first-order valence-electron chi connectivity index (χ1n) is 13.1. The zero-order valence-corrected chi connectivity index (χ0v) is 22.8. The number of rotatable bonds is 9. The van der Waals surface area contributed by atoms with Gasteiger partial charge in [-0.2, -0.15) is 0 Å². The van der Waals surface area contributed by atoms with Crippen molar-refractivity contribution in [1.82, 2.24) is 0 Å². The summed E-state index contributed by atoms with van der Waals surface area (Å²) in [4.78, 5) is 27.5. The maximum absolute atomic E-state index is 13.3. The molecule has 1 saturated heterocycles. The van der Waals surface area contributed by atoms with Crippen molar-refractivity contribution in [2.24, 2.45) is 0 Å². The summed E-state index contributed by atoms with van der Waals surface area (Å²) in [5.74, 6) is -1.06. The monoisotopic (exact) mass is 554 g/mol. The minimum absolute atomic E-state index is 0.258. The SMILES string of the molecule is C[C@@H]1O[C@H](Sc2ccccc2)[C@@H](OCc2ccccc2)[C@H](OC(=O)c2ccccc2)[C@@H]1OC(=O)c1ccccc1. The van der Waals surface area contributed by atoms with Crippen molar-refractivity contribution in [3.05, 3.63) is 138 Å². The van der Waals surface area contributed by atoms with Crippen molar-refractivity contribution < 1.29 is 28.5 Å². The molecule has 5 rings (SSSR count). The van der Waals surface area contributed by atoms with Crippen molar-refractivity contribution >= 4 is 23.7 Å². The Hall–Kier alpha value is -3.91. The van der Waals surface area contributed by atoms with E-state index in [9.17, 15) is 9.59 Å². The maximum atomic E-state index is 13.3. The van der Waals surface area contributed by atoms with Gasteiger partial charge in [-0.25, -0.2) is 9.59 Å². The van der Waals surface area contributed by atoms with E-state index in [1.807, 2.05) is 79.7 Å². The number of hydrogen-bond donors (Lipinski definition) is 0. The molecule has 4 aromatic carbocycles. The van der Waals surface area contributed by atoms with Crippen molar-refractivity contribution in [1.29, 1.82) is 0 Å². The van der Waals surface area contributed by atoms with E-state index in [-0.39, 0.29) is 6.61 Å². The summed E-state index contributed by atoms with van der Waals surface area (Å²) in [6.45, 7) is 2.08. The van der Waals surface area contributed by atoms with Gasteiger partial charge in [-0.1, -0.05) is 96.7 Å². The average molecular weight is 555 g/mol. The molecule has 0 bridgehead atoms. The van der Waals surface area contributed by atoms with Gasteiger partial charge in [0, 0.05) is 4.90 Å². The van der Waals surface area contributed by atoms with Gasteiger partial charge in [0.2, 0.25) is 0 Å². The lowest BCUT2D eigenvalue weighted by Gasteiger charge is -2.44. The van der Waals surface area contributed by atoms with Crippen molar-refractivity contribution in [3.8, 4) is 0 Å². The standard InChI is InChI=1S/C33H30O6S/c1-23-28(38-31(34)25-16-8-3-9-17-25)29(39-32(35)26-18-10-4-11-19-26)30(36-22-24-14-6-2-7-15-24)33(37-23)40-27-20-12-5-13-21-27/h2-21,23,28-30,33H,22H2,1H3/t23-,28+,29+,30-,33+/m0/s1. The van der Waals surface area contributed by atoms with Crippen LogP contribution in [0.3, 0.4) is 0 Å². The molecular weight excluding hydrogens is 524 g/mol. The van der Waals surface area contributed by atoms with Gasteiger partial charge in [-0.05, 0) is 48.9 Å². The van der Waals surface area contributed by atoms with Crippen LogP contribution < -0.4 is 0 Å². The third-order valence-electron chi connectivity index (χ3n) is 6.51. The molecule has 1 aliphatic rings. The maximum Gasteiger partial charge on any atom is 0.338 e. The van der Waals surface area contributed by atoms with Gasteiger partial charge in [-0.3, -0.25) is 0 Å². The Morgan fingerprint density at radius 2 is 1.12 bits per heavy atom. The molecule has 0 unspecified atom stereocenters. The number of carbonyl (C=O) groups excluding carboxylic acids is 2. The number of ether oxygens (including phenoxy) is 4. The molecule has 4 aromatic rings. The van der Waals surface area contributed by atoms with E-state index in [0.29, 0.717) is 11.1 Å². The van der Waals surface area contributed by atoms with Crippen molar-refractivity contribution in [2.45, 2.75) is 48.3 Å². The van der Waals surface area contributed by atoms with E-state index in [4.69, 9.17) is 18.9 Å². The number of thioether (sulfide) groups is 1. The predicted octanol–water partition coefficient (Wildman–Crippen LogP) is 6.56.